The minimum Gasteiger partial charge on any atom is -0.456 e. The molecule has 1 amide bonds. The smallest absolute Gasteiger partial charge is 0.456 e. The highest BCUT2D eigenvalue weighted by Gasteiger charge is 2.30. The summed E-state index contributed by atoms with van der Waals surface area (Å²) < 4.78 is 30.9. The van der Waals surface area contributed by atoms with E-state index >= 15 is 0 Å². The number of esters is 1. The minimum atomic E-state index is -4.46. The predicted molar refractivity (Wildman–Crippen MR) is 378 cm³/mol. The highest BCUT2D eigenvalue weighted by molar-refractivity contribution is 7.47. The normalized spacial score (nSPS) is 13.9. The summed E-state index contributed by atoms with van der Waals surface area (Å²) in [6.07, 6.45) is 87.7. The number of carbonyl (C=O) groups is 2. The van der Waals surface area contributed by atoms with E-state index < -0.39 is 20.0 Å². The Morgan fingerprint density at radius 3 is 1.08 bits per heavy atom. The fraction of sp³-hybridized carbons (Fsp3) is 0.818. The summed E-state index contributed by atoms with van der Waals surface area (Å²) in [7, 11) is 1.50. The van der Waals surface area contributed by atoms with E-state index in [9.17, 15) is 19.0 Å². The number of unbranched alkanes of at least 4 members (excludes halogenated alkanes) is 42. The van der Waals surface area contributed by atoms with Crippen LogP contribution in [0.2, 0.25) is 0 Å². The molecule has 0 fully saturated rings. The first-order valence-electron chi connectivity index (χ1n) is 37.3. The summed E-state index contributed by atoms with van der Waals surface area (Å²) in [5.41, 5.74) is 0. The fourth-order valence-corrected chi connectivity index (χ4v) is 11.6. The zero-order chi connectivity index (χ0) is 63.5. The van der Waals surface area contributed by atoms with E-state index in [0.29, 0.717) is 17.4 Å². The van der Waals surface area contributed by atoms with Crippen LogP contribution in [-0.4, -0.2) is 74.3 Å². The van der Waals surface area contributed by atoms with Gasteiger partial charge in [-0.1, -0.05) is 312 Å². The number of hydrogen-bond acceptors (Lipinski definition) is 6. The molecule has 0 saturated heterocycles. The van der Waals surface area contributed by atoms with Gasteiger partial charge in [-0.2, -0.15) is 0 Å². The third kappa shape index (κ3) is 67.7. The molecular weight excluding hydrogens is 1100 g/mol. The van der Waals surface area contributed by atoms with Gasteiger partial charge < -0.3 is 19.4 Å². The van der Waals surface area contributed by atoms with Gasteiger partial charge in [0, 0.05) is 12.8 Å². The number of phosphoric ester groups is 1. The quantitative estimate of drug-likeness (QED) is 0.0205. The van der Waals surface area contributed by atoms with Crippen LogP contribution in [0.1, 0.15) is 355 Å². The Labute approximate surface area is 540 Å². The van der Waals surface area contributed by atoms with Crippen LogP contribution < -0.4 is 5.32 Å². The Hall–Kier alpha value is -2.55. The topological polar surface area (TPSA) is 111 Å². The molecule has 0 heterocycles. The van der Waals surface area contributed by atoms with Crippen LogP contribution in [0.3, 0.4) is 0 Å². The van der Waals surface area contributed by atoms with Crippen molar-refractivity contribution >= 4 is 19.7 Å². The maximum Gasteiger partial charge on any atom is 0.472 e. The number of amides is 1. The van der Waals surface area contributed by atoms with Crippen molar-refractivity contribution in [1.82, 2.24) is 5.32 Å². The first kappa shape index (κ1) is 84.5. The van der Waals surface area contributed by atoms with Gasteiger partial charge in [0.15, 0.2) is 0 Å². The molecule has 2 N–H and O–H groups in total. The Balaban J connectivity index is 5.07. The van der Waals surface area contributed by atoms with E-state index in [0.717, 1.165) is 89.9 Å². The molecule has 0 aromatic carbocycles. The number of allylic oxidation sites excluding steroid dienone is 11. The van der Waals surface area contributed by atoms with Crippen LogP contribution in [0.5, 0.6) is 0 Å². The van der Waals surface area contributed by atoms with Crippen molar-refractivity contribution < 1.29 is 37.3 Å². The van der Waals surface area contributed by atoms with E-state index in [1.54, 1.807) is 0 Å². The van der Waals surface area contributed by atoms with Gasteiger partial charge in [-0.15, -0.1) is 0 Å². The molecule has 0 aliphatic carbocycles. The van der Waals surface area contributed by atoms with Crippen molar-refractivity contribution in [3.8, 4) is 0 Å². The van der Waals surface area contributed by atoms with E-state index in [4.69, 9.17) is 13.8 Å². The molecule has 9 nitrogen and oxygen atoms in total. The largest absolute Gasteiger partial charge is 0.472 e. The molecule has 3 unspecified atom stereocenters. The van der Waals surface area contributed by atoms with Crippen LogP contribution >= 0.6 is 7.82 Å². The molecular formula is C77H144N2O7P+. The number of ether oxygens (including phenoxy) is 1. The second kappa shape index (κ2) is 66.4. The molecule has 3 atom stereocenters. The van der Waals surface area contributed by atoms with Crippen molar-refractivity contribution in [1.29, 1.82) is 0 Å². The molecule has 0 rings (SSSR count). The van der Waals surface area contributed by atoms with Crippen molar-refractivity contribution in [2.75, 3.05) is 40.9 Å². The zero-order valence-corrected chi connectivity index (χ0v) is 59.2. The summed E-state index contributed by atoms with van der Waals surface area (Å²) >= 11 is 0. The maximum absolute atomic E-state index is 13.6. The SMILES string of the molecule is CCCCC/C=C\C/C=C\C/C=C\C/C=C\CCCCCCCCCC(=O)OC(/C=C/CCCCCCCCCCCCC)C(COP(=O)(O)OCC[N+](C)(C)C)NC(=O)CCCCCCCCCCCCCCCCC/C=C/CCCCCCCC. The van der Waals surface area contributed by atoms with Crippen molar-refractivity contribution in [2.45, 2.75) is 367 Å². The Bertz CT molecular complexity index is 1720. The number of phosphoric acid groups is 1. The molecule has 0 saturated carbocycles. The van der Waals surface area contributed by atoms with Gasteiger partial charge in [0.1, 0.15) is 19.3 Å². The molecule has 0 bridgehead atoms. The number of rotatable bonds is 68. The van der Waals surface area contributed by atoms with E-state index in [2.05, 4.69) is 86.8 Å². The first-order chi connectivity index (χ1) is 42.4. The van der Waals surface area contributed by atoms with Crippen LogP contribution in [0.25, 0.3) is 0 Å². The number of nitrogens with one attached hydrogen (secondary N) is 1. The zero-order valence-electron chi connectivity index (χ0n) is 58.3. The predicted octanol–water partition coefficient (Wildman–Crippen LogP) is 23.9. The molecule has 0 aliphatic rings. The molecule has 0 spiro atoms. The monoisotopic (exact) mass is 1240 g/mol. The average molecular weight is 1240 g/mol. The van der Waals surface area contributed by atoms with Crippen LogP contribution in [0, 0.1) is 0 Å². The molecule has 0 aromatic heterocycles. The van der Waals surface area contributed by atoms with Crippen molar-refractivity contribution in [3.63, 3.8) is 0 Å². The number of carbonyl (C=O) groups excluding carboxylic acids is 2. The van der Waals surface area contributed by atoms with Gasteiger partial charge >= 0.3 is 13.8 Å². The van der Waals surface area contributed by atoms with Crippen LogP contribution in [0.4, 0.5) is 0 Å². The lowest BCUT2D eigenvalue weighted by Gasteiger charge is -2.27. The van der Waals surface area contributed by atoms with E-state index in [1.165, 1.54) is 231 Å². The second-order valence-corrected chi connectivity index (χ2v) is 27.9. The summed E-state index contributed by atoms with van der Waals surface area (Å²) in [6, 6.07) is -0.856. The molecule has 87 heavy (non-hydrogen) atoms. The number of hydrogen-bond donors (Lipinski definition) is 2. The Kier molecular flexibility index (Phi) is 64.4. The van der Waals surface area contributed by atoms with Crippen LogP contribution in [0.15, 0.2) is 72.9 Å². The standard InChI is InChI=1S/C77H143N2O7P/c1-7-10-13-16-19-22-25-28-30-32-34-36-38-39-41-42-44-46-48-51-54-57-60-63-66-69-76(80)78-74(73-85-87(82,83)84-72-71-79(4,5)6)75(68-65-62-59-56-53-50-27-24-21-18-15-12-9-3)86-77(81)70-67-64-61-58-55-52-49-47-45-43-40-37-35-33-31-29-26-23-20-17-14-11-8-2/h20,23,28-31,35,37,43,45,65,68,74-75H,7-19,21-22,24-27,32-34,36,38-42,44,46-64,66-67,69-73H2,1-6H3,(H-,78,80,82,83)/p+1/b23-20-,30-28+,31-29-,37-35-,45-43-,68-65+. The van der Waals surface area contributed by atoms with Crippen molar-refractivity contribution in [3.05, 3.63) is 72.9 Å². The van der Waals surface area contributed by atoms with Gasteiger partial charge in [0.25, 0.3) is 0 Å². The van der Waals surface area contributed by atoms with Gasteiger partial charge in [0.05, 0.1) is 33.8 Å². The summed E-state index contributed by atoms with van der Waals surface area (Å²) in [6.45, 7) is 7.02. The Morgan fingerprint density at radius 2 is 0.701 bits per heavy atom. The Morgan fingerprint density at radius 1 is 0.402 bits per heavy atom. The molecule has 0 aromatic rings. The number of quaternary nitrogens is 1. The van der Waals surface area contributed by atoms with Gasteiger partial charge in [-0.05, 0) is 102 Å². The molecule has 508 valence electrons. The second-order valence-electron chi connectivity index (χ2n) is 26.5. The average Bonchev–Trinajstić information content (AvgIpc) is 3.70. The minimum absolute atomic E-state index is 0.0376. The highest BCUT2D eigenvalue weighted by Crippen LogP contribution is 2.43. The summed E-state index contributed by atoms with van der Waals surface area (Å²) in [5, 5.41) is 3.08. The summed E-state index contributed by atoms with van der Waals surface area (Å²) in [5.74, 6) is -0.505. The molecule has 0 aliphatic heterocycles. The molecule has 0 radical (unpaired) electrons. The fourth-order valence-electron chi connectivity index (χ4n) is 10.9. The van der Waals surface area contributed by atoms with Gasteiger partial charge in [-0.3, -0.25) is 18.6 Å². The first-order valence-corrected chi connectivity index (χ1v) is 38.8. The summed E-state index contributed by atoms with van der Waals surface area (Å²) in [4.78, 5) is 38.0. The van der Waals surface area contributed by atoms with Crippen molar-refractivity contribution in [2.24, 2.45) is 0 Å². The van der Waals surface area contributed by atoms with Gasteiger partial charge in [-0.25, -0.2) is 4.57 Å². The van der Waals surface area contributed by atoms with E-state index in [-0.39, 0.29) is 31.5 Å². The van der Waals surface area contributed by atoms with Crippen LogP contribution in [-0.2, 0) is 27.9 Å². The number of nitrogens with zero attached hydrogens (tertiary/aromatic N) is 1. The number of likely N-dealkylation sites (N-methyl/N-ethyl adjacent to an activating group) is 1. The lowest BCUT2D eigenvalue weighted by Crippen LogP contribution is -2.47. The third-order valence-corrected chi connectivity index (χ3v) is 17.6. The van der Waals surface area contributed by atoms with E-state index in [1.807, 2.05) is 33.3 Å². The lowest BCUT2D eigenvalue weighted by molar-refractivity contribution is -0.870. The highest BCUT2D eigenvalue weighted by atomic mass is 31.2. The third-order valence-electron chi connectivity index (χ3n) is 16.6. The van der Waals surface area contributed by atoms with Gasteiger partial charge in [0.2, 0.25) is 5.91 Å². The molecule has 10 heteroatoms. The maximum atomic E-state index is 13.6. The lowest BCUT2D eigenvalue weighted by atomic mass is 10.0.